The van der Waals surface area contributed by atoms with Crippen LogP contribution in [0.2, 0.25) is 0 Å². The third kappa shape index (κ3) is 3.70. The van der Waals surface area contributed by atoms with Gasteiger partial charge in [0, 0.05) is 3.57 Å². The molecule has 0 aliphatic rings. The minimum absolute atomic E-state index is 0.213. The Hall–Kier alpha value is -1.07. The van der Waals surface area contributed by atoms with Crippen LogP contribution in [-0.2, 0) is 0 Å². The summed E-state index contributed by atoms with van der Waals surface area (Å²) in [4.78, 5) is 0. The normalized spacial score (nSPS) is 12.2. The summed E-state index contributed by atoms with van der Waals surface area (Å²) in [6.07, 6.45) is 0. The van der Waals surface area contributed by atoms with Crippen LogP contribution in [0.3, 0.4) is 0 Å². The molecule has 0 saturated carbocycles. The molecule has 2 nitrogen and oxygen atoms in total. The highest BCUT2D eigenvalue weighted by Crippen LogP contribution is 2.24. The molecule has 0 heterocycles. The molecule has 0 radical (unpaired) electrons. The first-order valence-corrected chi connectivity index (χ1v) is 7.48. The second kappa shape index (κ2) is 6.91. The maximum absolute atomic E-state index is 5.48. The summed E-state index contributed by atoms with van der Waals surface area (Å²) in [5.41, 5.74) is 2.52. The molecule has 3 heteroatoms. The summed E-state index contributed by atoms with van der Waals surface area (Å²) in [7, 11) is 1.99. The molecular weight excluding hydrogens is 349 g/mol. The quantitative estimate of drug-likeness (QED) is 0.807. The molecule has 2 aromatic carbocycles. The van der Waals surface area contributed by atoms with E-state index in [4.69, 9.17) is 4.74 Å². The second-order valence-corrected chi connectivity index (χ2v) is 5.52. The van der Waals surface area contributed by atoms with Gasteiger partial charge in [0.25, 0.3) is 0 Å². The first-order chi connectivity index (χ1) is 9.24. The van der Waals surface area contributed by atoms with E-state index in [-0.39, 0.29) is 6.04 Å². The molecule has 100 valence electrons. The number of nitrogens with one attached hydrogen (secondary N) is 1. The smallest absolute Gasteiger partial charge is 0.119 e. The van der Waals surface area contributed by atoms with Crippen LogP contribution in [-0.4, -0.2) is 13.7 Å². The zero-order valence-corrected chi connectivity index (χ0v) is 13.3. The molecule has 2 aromatic rings. The highest BCUT2D eigenvalue weighted by Gasteiger charge is 2.12. The van der Waals surface area contributed by atoms with Crippen molar-refractivity contribution in [1.29, 1.82) is 0 Å². The highest BCUT2D eigenvalue weighted by atomic mass is 127. The lowest BCUT2D eigenvalue weighted by atomic mass is 9.99. The molecule has 0 saturated heterocycles. The molecule has 0 aliphatic carbocycles. The molecule has 1 N–H and O–H groups in total. The molecule has 0 aliphatic heterocycles. The van der Waals surface area contributed by atoms with E-state index >= 15 is 0 Å². The number of benzene rings is 2. The highest BCUT2D eigenvalue weighted by molar-refractivity contribution is 14.1. The standard InChI is InChI=1S/C16H18INO/c1-3-19-15-9-7-12(8-10-15)16(18-2)13-5-4-6-14(17)11-13/h4-11,16,18H,3H2,1-2H3. The Morgan fingerprint density at radius 3 is 2.42 bits per heavy atom. The van der Waals surface area contributed by atoms with E-state index in [9.17, 15) is 0 Å². The van der Waals surface area contributed by atoms with Crippen LogP contribution < -0.4 is 10.1 Å². The van der Waals surface area contributed by atoms with Gasteiger partial charge in [0.05, 0.1) is 12.6 Å². The summed E-state index contributed by atoms with van der Waals surface area (Å²) < 4.78 is 6.73. The van der Waals surface area contributed by atoms with Crippen molar-refractivity contribution >= 4 is 22.6 Å². The van der Waals surface area contributed by atoms with Crippen LogP contribution in [0, 0.1) is 3.57 Å². The van der Waals surface area contributed by atoms with Crippen LogP contribution in [0.5, 0.6) is 5.75 Å². The molecule has 0 spiro atoms. The van der Waals surface area contributed by atoms with Crippen molar-refractivity contribution < 1.29 is 4.74 Å². The molecule has 1 atom stereocenters. The van der Waals surface area contributed by atoms with Crippen molar-refractivity contribution in [3.05, 3.63) is 63.2 Å². The van der Waals surface area contributed by atoms with Gasteiger partial charge in [0.2, 0.25) is 0 Å². The topological polar surface area (TPSA) is 21.3 Å². The maximum atomic E-state index is 5.48. The van der Waals surface area contributed by atoms with Crippen LogP contribution >= 0.6 is 22.6 Å². The summed E-state index contributed by atoms with van der Waals surface area (Å²) >= 11 is 2.34. The Balaban J connectivity index is 2.26. The average molecular weight is 367 g/mol. The third-order valence-electron chi connectivity index (χ3n) is 3.00. The molecule has 1 unspecified atom stereocenters. The van der Waals surface area contributed by atoms with Gasteiger partial charge in [-0.15, -0.1) is 0 Å². The summed E-state index contributed by atoms with van der Waals surface area (Å²) in [5, 5.41) is 3.37. The summed E-state index contributed by atoms with van der Waals surface area (Å²) in [6.45, 7) is 2.70. The molecule has 0 aromatic heterocycles. The average Bonchev–Trinajstić information content (AvgIpc) is 2.42. The minimum Gasteiger partial charge on any atom is -0.494 e. The Bertz CT molecular complexity index is 525. The van der Waals surface area contributed by atoms with Gasteiger partial charge in [-0.2, -0.15) is 0 Å². The zero-order valence-electron chi connectivity index (χ0n) is 11.2. The Labute approximate surface area is 128 Å². The Morgan fingerprint density at radius 1 is 1.11 bits per heavy atom. The van der Waals surface area contributed by atoms with E-state index in [2.05, 4.69) is 64.3 Å². The lowest BCUT2D eigenvalue weighted by Gasteiger charge is -2.18. The van der Waals surface area contributed by atoms with Crippen molar-refractivity contribution in [2.45, 2.75) is 13.0 Å². The van der Waals surface area contributed by atoms with Gasteiger partial charge < -0.3 is 10.1 Å². The zero-order chi connectivity index (χ0) is 13.7. The number of ether oxygens (including phenoxy) is 1. The predicted molar refractivity (Wildman–Crippen MR) is 87.7 cm³/mol. The van der Waals surface area contributed by atoms with E-state index in [1.807, 2.05) is 26.1 Å². The third-order valence-corrected chi connectivity index (χ3v) is 3.67. The molecule has 2 rings (SSSR count). The Kier molecular flexibility index (Phi) is 5.22. The largest absolute Gasteiger partial charge is 0.494 e. The molecule has 0 bridgehead atoms. The lowest BCUT2D eigenvalue weighted by molar-refractivity contribution is 0.340. The molecular formula is C16H18INO. The minimum atomic E-state index is 0.213. The summed E-state index contributed by atoms with van der Waals surface area (Å²) in [5.74, 6) is 0.920. The van der Waals surface area contributed by atoms with Crippen molar-refractivity contribution in [2.24, 2.45) is 0 Å². The monoisotopic (exact) mass is 367 g/mol. The van der Waals surface area contributed by atoms with Gasteiger partial charge in [-0.25, -0.2) is 0 Å². The van der Waals surface area contributed by atoms with Gasteiger partial charge in [0.15, 0.2) is 0 Å². The fourth-order valence-corrected chi connectivity index (χ4v) is 2.70. The first kappa shape index (κ1) is 14.3. The fraction of sp³-hybridized carbons (Fsp3) is 0.250. The molecule has 0 amide bonds. The van der Waals surface area contributed by atoms with E-state index < -0.39 is 0 Å². The lowest BCUT2D eigenvalue weighted by Crippen LogP contribution is -2.17. The van der Waals surface area contributed by atoms with Crippen LogP contribution in [0.25, 0.3) is 0 Å². The van der Waals surface area contributed by atoms with Crippen LogP contribution in [0.15, 0.2) is 48.5 Å². The summed E-state index contributed by atoms with van der Waals surface area (Å²) in [6, 6.07) is 17.1. The van der Waals surface area contributed by atoms with Crippen LogP contribution in [0.4, 0.5) is 0 Å². The fourth-order valence-electron chi connectivity index (χ4n) is 2.14. The van der Waals surface area contributed by atoms with Crippen molar-refractivity contribution in [3.8, 4) is 5.75 Å². The maximum Gasteiger partial charge on any atom is 0.119 e. The number of halogens is 1. The van der Waals surface area contributed by atoms with Crippen LogP contribution in [0.1, 0.15) is 24.1 Å². The van der Waals surface area contributed by atoms with E-state index in [1.54, 1.807) is 0 Å². The predicted octanol–water partition coefficient (Wildman–Crippen LogP) is 4.00. The Morgan fingerprint density at radius 2 is 1.84 bits per heavy atom. The van der Waals surface area contributed by atoms with Gasteiger partial charge in [0.1, 0.15) is 5.75 Å². The second-order valence-electron chi connectivity index (χ2n) is 4.28. The van der Waals surface area contributed by atoms with Gasteiger partial charge in [-0.05, 0) is 72.0 Å². The van der Waals surface area contributed by atoms with Crippen molar-refractivity contribution in [3.63, 3.8) is 0 Å². The number of hydrogen-bond acceptors (Lipinski definition) is 2. The molecule has 0 fully saturated rings. The number of rotatable bonds is 5. The van der Waals surface area contributed by atoms with Crippen molar-refractivity contribution in [1.82, 2.24) is 5.32 Å². The molecule has 19 heavy (non-hydrogen) atoms. The van der Waals surface area contributed by atoms with Gasteiger partial charge >= 0.3 is 0 Å². The van der Waals surface area contributed by atoms with E-state index in [1.165, 1.54) is 14.7 Å². The van der Waals surface area contributed by atoms with E-state index in [0.29, 0.717) is 6.61 Å². The first-order valence-electron chi connectivity index (χ1n) is 6.40. The number of hydrogen-bond donors (Lipinski definition) is 1. The van der Waals surface area contributed by atoms with Gasteiger partial charge in [-0.1, -0.05) is 24.3 Å². The van der Waals surface area contributed by atoms with Gasteiger partial charge in [-0.3, -0.25) is 0 Å². The van der Waals surface area contributed by atoms with E-state index in [0.717, 1.165) is 5.75 Å². The SMILES string of the molecule is CCOc1ccc(C(NC)c2cccc(I)c2)cc1. The van der Waals surface area contributed by atoms with Crippen molar-refractivity contribution in [2.75, 3.05) is 13.7 Å².